The summed E-state index contributed by atoms with van der Waals surface area (Å²) in [5.41, 5.74) is 1.08. The van der Waals surface area contributed by atoms with Gasteiger partial charge in [-0.2, -0.15) is 4.98 Å². The third-order valence-electron chi connectivity index (χ3n) is 4.66. The number of aromatic nitrogens is 4. The number of aliphatic hydroxyl groups excluding tert-OH is 1. The summed E-state index contributed by atoms with van der Waals surface area (Å²) in [5, 5.41) is 12.3. The van der Waals surface area contributed by atoms with Crippen LogP contribution in [0.5, 0.6) is 0 Å². The number of rotatable bonds is 9. The SMILES string of the molecule is CN(CCO)c1ccnc(NCCN2CCC(Cc3cnccn3)C2)n1. The maximum Gasteiger partial charge on any atom is 0.224 e. The van der Waals surface area contributed by atoms with E-state index in [9.17, 15) is 0 Å². The minimum Gasteiger partial charge on any atom is -0.395 e. The van der Waals surface area contributed by atoms with Gasteiger partial charge in [0.2, 0.25) is 5.95 Å². The first kappa shape index (κ1) is 18.5. The molecule has 0 saturated carbocycles. The zero-order valence-electron chi connectivity index (χ0n) is 15.3. The largest absolute Gasteiger partial charge is 0.395 e. The highest BCUT2D eigenvalue weighted by atomic mass is 16.3. The number of aliphatic hydroxyl groups is 1. The van der Waals surface area contributed by atoms with Gasteiger partial charge in [0.15, 0.2) is 0 Å². The Morgan fingerprint density at radius 2 is 2.23 bits per heavy atom. The molecule has 140 valence electrons. The molecule has 1 unspecified atom stereocenters. The summed E-state index contributed by atoms with van der Waals surface area (Å²) in [6, 6.07) is 1.85. The second-order valence-electron chi connectivity index (χ2n) is 6.67. The highest BCUT2D eigenvalue weighted by molar-refractivity contribution is 5.41. The van der Waals surface area contributed by atoms with Crippen LogP contribution in [0.1, 0.15) is 12.1 Å². The lowest BCUT2D eigenvalue weighted by Crippen LogP contribution is -2.28. The van der Waals surface area contributed by atoms with Gasteiger partial charge in [0.25, 0.3) is 0 Å². The first-order chi connectivity index (χ1) is 12.7. The van der Waals surface area contributed by atoms with Crippen molar-refractivity contribution >= 4 is 11.8 Å². The third kappa shape index (κ3) is 5.34. The molecule has 0 bridgehead atoms. The lowest BCUT2D eigenvalue weighted by atomic mass is 10.0. The molecule has 1 saturated heterocycles. The van der Waals surface area contributed by atoms with Crippen LogP contribution in [0.15, 0.2) is 30.9 Å². The van der Waals surface area contributed by atoms with Crippen LogP contribution < -0.4 is 10.2 Å². The van der Waals surface area contributed by atoms with Crippen molar-refractivity contribution in [1.82, 2.24) is 24.8 Å². The van der Waals surface area contributed by atoms with Crippen LogP contribution in [-0.4, -0.2) is 76.3 Å². The second-order valence-corrected chi connectivity index (χ2v) is 6.67. The Labute approximate surface area is 154 Å². The molecule has 26 heavy (non-hydrogen) atoms. The van der Waals surface area contributed by atoms with Crippen molar-refractivity contribution < 1.29 is 5.11 Å². The quantitative estimate of drug-likeness (QED) is 0.677. The van der Waals surface area contributed by atoms with Crippen molar-refractivity contribution in [3.05, 3.63) is 36.5 Å². The first-order valence-electron chi connectivity index (χ1n) is 9.11. The van der Waals surface area contributed by atoms with E-state index < -0.39 is 0 Å². The van der Waals surface area contributed by atoms with Crippen LogP contribution in [0.4, 0.5) is 11.8 Å². The van der Waals surface area contributed by atoms with Crippen molar-refractivity contribution in [2.45, 2.75) is 12.8 Å². The van der Waals surface area contributed by atoms with Gasteiger partial charge in [0.1, 0.15) is 5.82 Å². The number of nitrogens with zero attached hydrogens (tertiary/aromatic N) is 6. The molecule has 3 heterocycles. The fraction of sp³-hybridized carbons (Fsp3) is 0.556. The van der Waals surface area contributed by atoms with E-state index in [0.717, 1.165) is 44.1 Å². The van der Waals surface area contributed by atoms with E-state index >= 15 is 0 Å². The minimum atomic E-state index is 0.105. The maximum atomic E-state index is 9.03. The Morgan fingerprint density at radius 1 is 1.31 bits per heavy atom. The number of likely N-dealkylation sites (N-methyl/N-ethyl adjacent to an activating group) is 1. The average Bonchev–Trinajstić information content (AvgIpc) is 3.10. The van der Waals surface area contributed by atoms with Crippen LogP contribution in [0.2, 0.25) is 0 Å². The molecule has 0 aliphatic carbocycles. The Kier molecular flexibility index (Phi) is 6.68. The fourth-order valence-electron chi connectivity index (χ4n) is 3.25. The van der Waals surface area contributed by atoms with Crippen LogP contribution >= 0.6 is 0 Å². The summed E-state index contributed by atoms with van der Waals surface area (Å²) in [6.45, 7) is 4.65. The molecule has 1 fully saturated rings. The lowest BCUT2D eigenvalue weighted by Gasteiger charge is -2.18. The Morgan fingerprint density at radius 3 is 3.04 bits per heavy atom. The van der Waals surface area contributed by atoms with Gasteiger partial charge < -0.3 is 20.2 Å². The summed E-state index contributed by atoms with van der Waals surface area (Å²) < 4.78 is 0. The Bertz CT molecular complexity index is 670. The maximum absolute atomic E-state index is 9.03. The zero-order valence-corrected chi connectivity index (χ0v) is 15.3. The van der Waals surface area contributed by atoms with Gasteiger partial charge >= 0.3 is 0 Å². The van der Waals surface area contributed by atoms with Crippen molar-refractivity contribution in [3.8, 4) is 0 Å². The van der Waals surface area contributed by atoms with E-state index in [4.69, 9.17) is 5.11 Å². The van der Waals surface area contributed by atoms with Gasteiger partial charge in [0, 0.05) is 58.0 Å². The molecule has 1 aliphatic rings. The average molecular weight is 357 g/mol. The molecule has 8 nitrogen and oxygen atoms in total. The third-order valence-corrected chi connectivity index (χ3v) is 4.66. The normalized spacial score (nSPS) is 17.4. The van der Waals surface area contributed by atoms with Crippen LogP contribution in [0, 0.1) is 5.92 Å². The van der Waals surface area contributed by atoms with Crippen molar-refractivity contribution in [1.29, 1.82) is 0 Å². The summed E-state index contributed by atoms with van der Waals surface area (Å²) >= 11 is 0. The molecular formula is C18H27N7O. The summed E-state index contributed by atoms with van der Waals surface area (Å²) in [5.74, 6) is 2.09. The number of likely N-dealkylation sites (tertiary alicyclic amines) is 1. The number of anilines is 2. The smallest absolute Gasteiger partial charge is 0.224 e. The second kappa shape index (κ2) is 9.40. The molecule has 0 amide bonds. The van der Waals surface area contributed by atoms with Gasteiger partial charge in [-0.25, -0.2) is 4.98 Å². The first-order valence-corrected chi connectivity index (χ1v) is 9.11. The summed E-state index contributed by atoms with van der Waals surface area (Å²) in [7, 11) is 1.91. The Hall–Kier alpha value is -2.32. The van der Waals surface area contributed by atoms with Gasteiger partial charge in [-0.3, -0.25) is 9.97 Å². The molecular weight excluding hydrogens is 330 g/mol. The predicted molar refractivity (Wildman–Crippen MR) is 101 cm³/mol. The van der Waals surface area contributed by atoms with Crippen molar-refractivity contribution in [2.75, 3.05) is 56.6 Å². The summed E-state index contributed by atoms with van der Waals surface area (Å²) in [4.78, 5) is 21.6. The molecule has 2 N–H and O–H groups in total. The summed E-state index contributed by atoms with van der Waals surface area (Å²) in [6.07, 6.45) is 9.29. The standard InChI is InChI=1S/C18H27N7O/c1-24(10-11-26)17-2-4-21-18(23-17)22-7-9-25-8-3-15(14-25)12-16-13-19-5-6-20-16/h2,4-6,13,15,26H,3,7-12,14H2,1H3,(H,21,22,23). The molecule has 0 spiro atoms. The van der Waals surface area contributed by atoms with E-state index in [-0.39, 0.29) is 6.61 Å². The van der Waals surface area contributed by atoms with E-state index in [1.807, 2.05) is 24.2 Å². The van der Waals surface area contributed by atoms with Gasteiger partial charge in [-0.1, -0.05) is 0 Å². The van der Waals surface area contributed by atoms with Crippen molar-refractivity contribution in [2.24, 2.45) is 5.92 Å². The van der Waals surface area contributed by atoms with E-state index in [1.165, 1.54) is 6.42 Å². The van der Waals surface area contributed by atoms with E-state index in [0.29, 0.717) is 18.4 Å². The number of hydrogen-bond acceptors (Lipinski definition) is 8. The van der Waals surface area contributed by atoms with E-state index in [2.05, 4.69) is 30.2 Å². The van der Waals surface area contributed by atoms with Crippen LogP contribution in [0.3, 0.4) is 0 Å². The molecule has 0 aromatic carbocycles. The van der Waals surface area contributed by atoms with Crippen LogP contribution in [0.25, 0.3) is 0 Å². The van der Waals surface area contributed by atoms with Gasteiger partial charge in [-0.15, -0.1) is 0 Å². The number of hydrogen-bond donors (Lipinski definition) is 2. The molecule has 8 heteroatoms. The van der Waals surface area contributed by atoms with Crippen LogP contribution in [-0.2, 0) is 6.42 Å². The topological polar surface area (TPSA) is 90.3 Å². The highest BCUT2D eigenvalue weighted by Gasteiger charge is 2.22. The van der Waals surface area contributed by atoms with E-state index in [1.54, 1.807) is 18.6 Å². The molecule has 2 aromatic heterocycles. The number of nitrogens with one attached hydrogen (secondary N) is 1. The Balaban J connectivity index is 1.41. The molecule has 3 rings (SSSR count). The van der Waals surface area contributed by atoms with Gasteiger partial charge in [-0.05, 0) is 31.4 Å². The molecule has 0 radical (unpaired) electrons. The monoisotopic (exact) mass is 357 g/mol. The zero-order chi connectivity index (χ0) is 18.2. The molecule has 1 aliphatic heterocycles. The molecule has 1 atom stereocenters. The lowest BCUT2D eigenvalue weighted by molar-refractivity contribution is 0.304. The van der Waals surface area contributed by atoms with Gasteiger partial charge in [0.05, 0.1) is 12.3 Å². The van der Waals surface area contributed by atoms with Crippen molar-refractivity contribution in [3.63, 3.8) is 0 Å². The minimum absolute atomic E-state index is 0.105. The molecule has 2 aromatic rings. The highest BCUT2D eigenvalue weighted by Crippen LogP contribution is 2.19. The fourth-order valence-corrected chi connectivity index (χ4v) is 3.25. The predicted octanol–water partition coefficient (Wildman–Crippen LogP) is 0.672.